The van der Waals surface area contributed by atoms with Gasteiger partial charge in [0.2, 0.25) is 5.88 Å². The van der Waals surface area contributed by atoms with Gasteiger partial charge in [0.15, 0.2) is 5.65 Å². The van der Waals surface area contributed by atoms with Crippen molar-refractivity contribution in [3.63, 3.8) is 0 Å². The molecule has 0 aliphatic heterocycles. The van der Waals surface area contributed by atoms with Crippen LogP contribution in [0.15, 0.2) is 30.5 Å². The van der Waals surface area contributed by atoms with Crippen LogP contribution in [0.3, 0.4) is 0 Å². The zero-order valence-corrected chi connectivity index (χ0v) is 13.7. The third-order valence-corrected chi connectivity index (χ3v) is 4.29. The number of halogens is 2. The second kappa shape index (κ2) is 5.78. The zero-order valence-electron chi connectivity index (χ0n) is 12.2. The lowest BCUT2D eigenvalue weighted by Gasteiger charge is -2.15. The highest BCUT2D eigenvalue weighted by Crippen LogP contribution is 2.30. The third-order valence-electron chi connectivity index (χ3n) is 3.55. The highest BCUT2D eigenvalue weighted by molar-refractivity contribution is 6.42. The van der Waals surface area contributed by atoms with Gasteiger partial charge in [0, 0.05) is 18.1 Å². The number of aromatic hydroxyl groups is 1. The average Bonchev–Trinajstić information content (AvgIpc) is 2.94. The van der Waals surface area contributed by atoms with Crippen LogP contribution in [0.25, 0.3) is 5.65 Å². The van der Waals surface area contributed by atoms with Crippen molar-refractivity contribution in [3.05, 3.63) is 57.3 Å². The molecule has 0 saturated heterocycles. The molecule has 0 amide bonds. The Morgan fingerprint density at radius 3 is 2.64 bits per heavy atom. The van der Waals surface area contributed by atoms with E-state index in [1.54, 1.807) is 24.4 Å². The second-order valence-electron chi connectivity index (χ2n) is 5.48. The van der Waals surface area contributed by atoms with Crippen LogP contribution in [0.5, 0.6) is 5.88 Å². The van der Waals surface area contributed by atoms with E-state index < -0.39 is 0 Å². The fraction of sp³-hybridized carbons (Fsp3) is 0.250. The largest absolute Gasteiger partial charge is 0.493 e. The molecule has 22 heavy (non-hydrogen) atoms. The topological polar surface area (TPSA) is 50.4 Å². The van der Waals surface area contributed by atoms with Gasteiger partial charge in [0.05, 0.1) is 21.9 Å². The SMILES string of the molecule is CC(C)c1nc2ccnn2c(O)c1Cc1ccc(Cl)c(Cl)c1. The Balaban J connectivity index is 2.13. The van der Waals surface area contributed by atoms with Crippen LogP contribution in [-0.4, -0.2) is 19.7 Å². The zero-order chi connectivity index (χ0) is 15.9. The molecular weight excluding hydrogens is 321 g/mol. The van der Waals surface area contributed by atoms with Gasteiger partial charge in [0.25, 0.3) is 0 Å². The quantitative estimate of drug-likeness (QED) is 0.768. The molecule has 3 aromatic rings. The fourth-order valence-corrected chi connectivity index (χ4v) is 2.80. The number of nitrogens with zero attached hydrogens (tertiary/aromatic N) is 3. The molecule has 3 rings (SSSR count). The van der Waals surface area contributed by atoms with Crippen LogP contribution in [0.2, 0.25) is 10.0 Å². The maximum atomic E-state index is 10.6. The smallest absolute Gasteiger partial charge is 0.219 e. The number of hydrogen-bond donors (Lipinski definition) is 1. The lowest BCUT2D eigenvalue weighted by molar-refractivity contribution is 0.426. The van der Waals surface area contributed by atoms with Gasteiger partial charge in [-0.1, -0.05) is 43.1 Å². The van der Waals surface area contributed by atoms with E-state index >= 15 is 0 Å². The van der Waals surface area contributed by atoms with Crippen molar-refractivity contribution in [2.75, 3.05) is 0 Å². The Labute approximate surface area is 138 Å². The van der Waals surface area contributed by atoms with Crippen LogP contribution in [0.4, 0.5) is 0 Å². The molecule has 6 heteroatoms. The summed E-state index contributed by atoms with van der Waals surface area (Å²) in [4.78, 5) is 4.61. The molecule has 0 bridgehead atoms. The van der Waals surface area contributed by atoms with Gasteiger partial charge >= 0.3 is 0 Å². The molecule has 1 aromatic carbocycles. The molecule has 0 aliphatic carbocycles. The Morgan fingerprint density at radius 2 is 1.95 bits per heavy atom. The molecular formula is C16H15Cl2N3O. The summed E-state index contributed by atoms with van der Waals surface area (Å²) in [6, 6.07) is 7.23. The van der Waals surface area contributed by atoms with Crippen molar-refractivity contribution < 1.29 is 5.11 Å². The molecule has 1 N–H and O–H groups in total. The predicted octanol–water partition coefficient (Wildman–Crippen LogP) is 4.46. The van der Waals surface area contributed by atoms with Crippen molar-refractivity contribution in [1.29, 1.82) is 0 Å². The molecule has 114 valence electrons. The van der Waals surface area contributed by atoms with Gasteiger partial charge in [-0.2, -0.15) is 9.61 Å². The molecule has 0 saturated carbocycles. The molecule has 0 fully saturated rings. The first-order chi connectivity index (χ1) is 10.5. The van der Waals surface area contributed by atoms with E-state index in [1.807, 2.05) is 19.9 Å². The molecule has 2 heterocycles. The van der Waals surface area contributed by atoms with E-state index in [0.29, 0.717) is 22.1 Å². The summed E-state index contributed by atoms with van der Waals surface area (Å²) in [6.45, 7) is 4.10. The minimum Gasteiger partial charge on any atom is -0.493 e. The summed E-state index contributed by atoms with van der Waals surface area (Å²) in [6.07, 6.45) is 2.13. The van der Waals surface area contributed by atoms with Gasteiger partial charge in [-0.15, -0.1) is 0 Å². The maximum absolute atomic E-state index is 10.6. The molecule has 2 aromatic heterocycles. The number of aromatic nitrogens is 3. The highest BCUT2D eigenvalue weighted by atomic mass is 35.5. The molecule has 4 nitrogen and oxygen atoms in total. The van der Waals surface area contributed by atoms with Crippen LogP contribution in [0.1, 0.15) is 36.6 Å². The van der Waals surface area contributed by atoms with Crippen LogP contribution in [-0.2, 0) is 6.42 Å². The minimum atomic E-state index is 0.116. The minimum absolute atomic E-state index is 0.116. The number of hydrogen-bond acceptors (Lipinski definition) is 3. The molecule has 0 unspecified atom stereocenters. The Kier molecular flexibility index (Phi) is 3.98. The third kappa shape index (κ3) is 2.64. The van der Waals surface area contributed by atoms with Crippen molar-refractivity contribution in [1.82, 2.24) is 14.6 Å². The molecule has 0 spiro atoms. The average molecular weight is 336 g/mol. The first-order valence-electron chi connectivity index (χ1n) is 6.96. The van der Waals surface area contributed by atoms with E-state index in [4.69, 9.17) is 23.2 Å². The van der Waals surface area contributed by atoms with Crippen molar-refractivity contribution in [2.24, 2.45) is 0 Å². The first kappa shape index (κ1) is 15.1. The fourth-order valence-electron chi connectivity index (χ4n) is 2.48. The lowest BCUT2D eigenvalue weighted by atomic mass is 9.98. The van der Waals surface area contributed by atoms with Crippen molar-refractivity contribution in [3.8, 4) is 5.88 Å². The van der Waals surface area contributed by atoms with Gasteiger partial charge in [-0.05, 0) is 23.6 Å². The van der Waals surface area contributed by atoms with Gasteiger partial charge < -0.3 is 5.11 Å². The van der Waals surface area contributed by atoms with Crippen LogP contribution < -0.4 is 0 Å². The summed E-state index contributed by atoms with van der Waals surface area (Å²) < 4.78 is 1.44. The second-order valence-corrected chi connectivity index (χ2v) is 6.29. The molecule has 0 radical (unpaired) electrons. The predicted molar refractivity (Wildman–Crippen MR) is 88.0 cm³/mol. The molecule has 0 atom stereocenters. The monoisotopic (exact) mass is 335 g/mol. The lowest BCUT2D eigenvalue weighted by Crippen LogP contribution is -2.06. The Hall–Kier alpha value is -1.78. The first-order valence-corrected chi connectivity index (χ1v) is 7.72. The maximum Gasteiger partial charge on any atom is 0.219 e. The normalized spacial score (nSPS) is 11.5. The summed E-state index contributed by atoms with van der Waals surface area (Å²) in [5.41, 5.74) is 3.21. The Bertz CT molecular complexity index is 843. The number of fused-ring (bicyclic) bond motifs is 1. The van der Waals surface area contributed by atoms with Crippen LogP contribution >= 0.6 is 23.2 Å². The van der Waals surface area contributed by atoms with Gasteiger partial charge in [-0.3, -0.25) is 0 Å². The molecule has 0 aliphatic rings. The summed E-state index contributed by atoms with van der Waals surface area (Å²) in [5.74, 6) is 0.299. The van der Waals surface area contributed by atoms with Crippen LogP contribution in [0, 0.1) is 0 Å². The van der Waals surface area contributed by atoms with Crippen molar-refractivity contribution in [2.45, 2.75) is 26.2 Å². The van der Waals surface area contributed by atoms with Crippen molar-refractivity contribution >= 4 is 28.8 Å². The summed E-state index contributed by atoms with van der Waals surface area (Å²) in [7, 11) is 0. The van der Waals surface area contributed by atoms with E-state index in [0.717, 1.165) is 16.8 Å². The summed E-state index contributed by atoms with van der Waals surface area (Å²) in [5, 5.41) is 15.7. The highest BCUT2D eigenvalue weighted by Gasteiger charge is 2.18. The van der Waals surface area contributed by atoms with E-state index in [9.17, 15) is 5.11 Å². The van der Waals surface area contributed by atoms with E-state index in [2.05, 4.69) is 10.1 Å². The summed E-state index contributed by atoms with van der Waals surface area (Å²) >= 11 is 12.0. The Morgan fingerprint density at radius 1 is 1.18 bits per heavy atom. The van der Waals surface area contributed by atoms with E-state index in [1.165, 1.54) is 4.52 Å². The number of benzene rings is 1. The van der Waals surface area contributed by atoms with Gasteiger partial charge in [0.1, 0.15) is 0 Å². The van der Waals surface area contributed by atoms with Gasteiger partial charge in [-0.25, -0.2) is 4.98 Å². The van der Waals surface area contributed by atoms with E-state index in [-0.39, 0.29) is 11.8 Å². The number of rotatable bonds is 3. The standard InChI is InChI=1S/C16H15Cl2N3O/c1-9(2)15-11(7-10-3-4-12(17)13(18)8-10)16(22)21-14(20-15)5-6-19-21/h3-6,8-9,22H,7H2,1-2H3.